The molecule has 0 atom stereocenters. The van der Waals surface area contributed by atoms with Gasteiger partial charge >= 0.3 is 12.4 Å². The Morgan fingerprint density at radius 2 is 0.830 bits per heavy atom. The minimum atomic E-state index is -4.83. The van der Waals surface area contributed by atoms with E-state index in [4.69, 9.17) is 0 Å². The highest BCUT2D eigenvalue weighted by atomic mass is 19.4. The molecule has 0 unspecified atom stereocenters. The molecule has 0 aliphatic heterocycles. The van der Waals surface area contributed by atoms with Crippen LogP contribution in [0.4, 0.5) is 35.1 Å². The van der Waals surface area contributed by atoms with Crippen LogP contribution in [0.2, 0.25) is 0 Å². The van der Waals surface area contributed by atoms with Crippen molar-refractivity contribution in [3.63, 3.8) is 0 Å². The van der Waals surface area contributed by atoms with Gasteiger partial charge in [-0.25, -0.2) is 23.7 Å². The molecule has 0 bridgehead atoms. The maximum absolute atomic E-state index is 16.2. The topological polar surface area (TPSA) is 43.6 Å². The fraction of sp³-hybridized carbons (Fsp3) is 0.0571. The third-order valence-corrected chi connectivity index (χ3v) is 7.62. The van der Waals surface area contributed by atoms with Crippen LogP contribution in [0.5, 0.6) is 0 Å². The first-order chi connectivity index (χ1) is 22.4. The van der Waals surface area contributed by atoms with Gasteiger partial charge in [0.2, 0.25) is 0 Å². The van der Waals surface area contributed by atoms with Gasteiger partial charge in [-0.2, -0.15) is 26.3 Å². The van der Waals surface area contributed by atoms with Gasteiger partial charge in [-0.3, -0.25) is 0 Å². The molecule has 0 N–H and O–H groups in total. The van der Waals surface area contributed by atoms with Crippen LogP contribution >= 0.6 is 0 Å². The number of hydrogen-bond acceptors (Lipinski definition) is 3. The van der Waals surface area contributed by atoms with Crippen molar-refractivity contribution in [2.75, 3.05) is 0 Å². The van der Waals surface area contributed by atoms with Gasteiger partial charge in [-0.15, -0.1) is 0 Å². The van der Waals surface area contributed by atoms with E-state index in [1.54, 1.807) is 60.7 Å². The first-order valence-electron chi connectivity index (χ1n) is 14.0. The molecule has 234 valence electrons. The lowest BCUT2D eigenvalue weighted by molar-refractivity contribution is -0.138. The van der Waals surface area contributed by atoms with Crippen LogP contribution in [0.1, 0.15) is 11.1 Å². The number of aromatic nitrogens is 4. The first-order valence-corrected chi connectivity index (χ1v) is 14.0. The molecule has 0 aliphatic rings. The van der Waals surface area contributed by atoms with Crippen LogP contribution < -0.4 is 0 Å². The number of halogens is 8. The number of fused-ring (bicyclic) bond motifs is 3. The van der Waals surface area contributed by atoms with Crippen molar-refractivity contribution in [1.82, 2.24) is 19.5 Å². The molecule has 0 saturated heterocycles. The van der Waals surface area contributed by atoms with E-state index in [0.717, 1.165) is 41.0 Å². The zero-order valence-electron chi connectivity index (χ0n) is 23.7. The highest BCUT2D eigenvalue weighted by Gasteiger charge is 2.34. The fourth-order valence-corrected chi connectivity index (χ4v) is 5.46. The summed E-state index contributed by atoms with van der Waals surface area (Å²) in [6.07, 6.45) is -9.67. The molecular formula is C35H18F8N4. The summed E-state index contributed by atoms with van der Waals surface area (Å²) in [4.78, 5) is 13.4. The summed E-state index contributed by atoms with van der Waals surface area (Å²) in [5.74, 6) is -2.22. The van der Waals surface area contributed by atoms with Crippen molar-refractivity contribution in [1.29, 1.82) is 0 Å². The standard InChI is InChI=1S/C35H18F8N4/c36-26-15-21(33-45-31(19-7-3-1-4-8-19)44-32(46-33)20-9-5-2-6-10-20)16-27(37)30(26)47-28-17-22(34(38,39)40)11-13-24(28)25-14-12-23(18-29(25)47)35(41,42)43/h1-18H. The van der Waals surface area contributed by atoms with E-state index in [2.05, 4.69) is 15.0 Å². The lowest BCUT2D eigenvalue weighted by Crippen LogP contribution is -2.08. The van der Waals surface area contributed by atoms with Gasteiger partial charge in [0.1, 0.15) is 5.69 Å². The lowest BCUT2D eigenvalue weighted by Gasteiger charge is -2.14. The smallest absolute Gasteiger partial charge is 0.304 e. The van der Waals surface area contributed by atoms with Crippen molar-refractivity contribution in [3.8, 4) is 39.9 Å². The van der Waals surface area contributed by atoms with Crippen molar-refractivity contribution in [2.24, 2.45) is 0 Å². The maximum atomic E-state index is 16.2. The Morgan fingerprint density at radius 1 is 0.447 bits per heavy atom. The van der Waals surface area contributed by atoms with Crippen LogP contribution in [0, 0.1) is 11.6 Å². The van der Waals surface area contributed by atoms with Gasteiger partial charge in [0.25, 0.3) is 0 Å². The number of rotatable bonds is 4. The van der Waals surface area contributed by atoms with Crippen molar-refractivity contribution in [3.05, 3.63) is 132 Å². The molecule has 7 aromatic rings. The largest absolute Gasteiger partial charge is 0.416 e. The third kappa shape index (κ3) is 5.45. The zero-order chi connectivity index (χ0) is 33.1. The summed E-state index contributed by atoms with van der Waals surface area (Å²) in [6, 6.07) is 24.3. The highest BCUT2D eigenvalue weighted by molar-refractivity contribution is 6.09. The molecule has 12 heteroatoms. The summed E-state index contributed by atoms with van der Waals surface area (Å²) in [6.45, 7) is 0. The monoisotopic (exact) mass is 646 g/mol. The average Bonchev–Trinajstić information content (AvgIpc) is 3.37. The molecule has 0 aliphatic carbocycles. The van der Waals surface area contributed by atoms with E-state index in [1.807, 2.05) is 0 Å². The average molecular weight is 647 g/mol. The Hall–Kier alpha value is -5.65. The zero-order valence-corrected chi connectivity index (χ0v) is 23.7. The Labute approximate surface area is 260 Å². The number of hydrogen-bond donors (Lipinski definition) is 0. The van der Waals surface area contributed by atoms with Crippen LogP contribution in [0.25, 0.3) is 61.7 Å². The fourth-order valence-electron chi connectivity index (χ4n) is 5.46. The Kier molecular flexibility index (Phi) is 7.03. The van der Waals surface area contributed by atoms with Gasteiger partial charge < -0.3 is 4.57 Å². The Balaban J connectivity index is 1.47. The first kappa shape index (κ1) is 30.0. The van der Waals surface area contributed by atoms with Gasteiger partial charge in [0.05, 0.1) is 22.2 Å². The summed E-state index contributed by atoms with van der Waals surface area (Å²) in [5.41, 5.74) is -2.77. The molecule has 0 spiro atoms. The van der Waals surface area contributed by atoms with E-state index in [-0.39, 0.29) is 44.8 Å². The molecule has 2 heterocycles. The van der Waals surface area contributed by atoms with Crippen molar-refractivity contribution < 1.29 is 35.1 Å². The predicted molar refractivity (Wildman–Crippen MR) is 160 cm³/mol. The van der Waals surface area contributed by atoms with E-state index < -0.39 is 40.8 Å². The molecule has 0 saturated carbocycles. The number of alkyl halides is 6. The second kappa shape index (κ2) is 11.0. The highest BCUT2D eigenvalue weighted by Crippen LogP contribution is 2.41. The number of benzene rings is 5. The quantitative estimate of drug-likeness (QED) is 0.179. The molecule has 2 aromatic heterocycles. The summed E-state index contributed by atoms with van der Waals surface area (Å²) in [5, 5.41) is 0.143. The van der Waals surface area contributed by atoms with E-state index in [1.165, 1.54) is 0 Å². The van der Waals surface area contributed by atoms with Gasteiger partial charge in [0.15, 0.2) is 29.1 Å². The van der Waals surface area contributed by atoms with Crippen molar-refractivity contribution in [2.45, 2.75) is 12.4 Å². The van der Waals surface area contributed by atoms with Crippen molar-refractivity contribution >= 4 is 21.8 Å². The van der Waals surface area contributed by atoms with Gasteiger partial charge in [-0.05, 0) is 36.4 Å². The molecule has 47 heavy (non-hydrogen) atoms. The molecule has 0 amide bonds. The lowest BCUT2D eigenvalue weighted by atomic mass is 10.1. The van der Waals surface area contributed by atoms with E-state index in [9.17, 15) is 26.3 Å². The van der Waals surface area contributed by atoms with Crippen LogP contribution in [0.15, 0.2) is 109 Å². The van der Waals surface area contributed by atoms with E-state index in [0.29, 0.717) is 23.3 Å². The summed E-state index contributed by atoms with van der Waals surface area (Å²) in [7, 11) is 0. The number of nitrogens with zero attached hydrogens (tertiary/aromatic N) is 4. The second-order valence-corrected chi connectivity index (χ2v) is 10.6. The molecule has 0 fully saturated rings. The molecule has 7 rings (SSSR count). The van der Waals surface area contributed by atoms with E-state index >= 15 is 8.78 Å². The third-order valence-electron chi connectivity index (χ3n) is 7.62. The summed E-state index contributed by atoms with van der Waals surface area (Å²) >= 11 is 0. The Bertz CT molecular complexity index is 2140. The maximum Gasteiger partial charge on any atom is 0.416 e. The molecule has 4 nitrogen and oxygen atoms in total. The molecule has 0 radical (unpaired) electrons. The normalized spacial score (nSPS) is 12.3. The Morgan fingerprint density at radius 3 is 1.21 bits per heavy atom. The minimum absolute atomic E-state index is 0.0714. The second-order valence-electron chi connectivity index (χ2n) is 10.6. The van der Waals surface area contributed by atoms with Crippen LogP contribution in [-0.2, 0) is 12.4 Å². The van der Waals surface area contributed by atoms with Crippen LogP contribution in [-0.4, -0.2) is 19.5 Å². The summed E-state index contributed by atoms with van der Waals surface area (Å²) < 4.78 is 115. The van der Waals surface area contributed by atoms with Crippen LogP contribution in [0.3, 0.4) is 0 Å². The van der Waals surface area contributed by atoms with Gasteiger partial charge in [-0.1, -0.05) is 72.8 Å². The molecule has 5 aromatic carbocycles. The SMILES string of the molecule is Fc1cc(-c2nc(-c3ccccc3)nc(-c3ccccc3)n2)cc(F)c1-n1c2cc(C(F)(F)F)ccc2c2ccc(C(F)(F)F)cc21. The minimum Gasteiger partial charge on any atom is -0.304 e. The molecular weight excluding hydrogens is 628 g/mol. The predicted octanol–water partition coefficient (Wildman–Crippen LogP) is 10.3. The van der Waals surface area contributed by atoms with Gasteiger partial charge in [0, 0.05) is 27.5 Å².